The summed E-state index contributed by atoms with van der Waals surface area (Å²) in [6.45, 7) is 3.99. The summed E-state index contributed by atoms with van der Waals surface area (Å²) in [5.41, 5.74) is 9.88. The van der Waals surface area contributed by atoms with Crippen LogP contribution in [-0.2, 0) is 4.79 Å². The molecular formula is C21H20N2O2S2. The quantitative estimate of drug-likeness (QED) is 0.584. The Morgan fingerprint density at radius 2 is 1.81 bits per heavy atom. The van der Waals surface area contributed by atoms with Gasteiger partial charge in [0.2, 0.25) is 5.91 Å². The number of amides is 2. The van der Waals surface area contributed by atoms with E-state index in [-0.39, 0.29) is 11.7 Å². The number of hydrogen-bond donors (Lipinski definition) is 2. The number of nitrogens with one attached hydrogen (secondary N) is 1. The molecule has 0 spiro atoms. The Balaban J connectivity index is 1.82. The second-order valence-electron chi connectivity index (χ2n) is 6.19. The lowest BCUT2D eigenvalue weighted by molar-refractivity contribution is -0.113. The molecular weight excluding hydrogens is 376 g/mol. The Morgan fingerprint density at radius 3 is 2.52 bits per heavy atom. The minimum atomic E-state index is -0.543. The summed E-state index contributed by atoms with van der Waals surface area (Å²) in [5, 5.41) is 5.22. The SMILES string of the molecule is Cc1ccc(C)c(-c2csc(NC(=O)CSc3ccccc3)c2C(N)=O)c1. The van der Waals surface area contributed by atoms with Gasteiger partial charge < -0.3 is 11.1 Å². The third-order valence-electron chi connectivity index (χ3n) is 4.09. The third kappa shape index (κ3) is 4.59. The molecule has 0 aliphatic heterocycles. The molecule has 2 aromatic carbocycles. The van der Waals surface area contributed by atoms with Crippen LogP contribution in [0.2, 0.25) is 0 Å². The molecule has 3 rings (SSSR count). The molecule has 0 saturated heterocycles. The van der Waals surface area contributed by atoms with Crippen LogP contribution in [0.25, 0.3) is 11.1 Å². The molecule has 0 aliphatic carbocycles. The Labute approximate surface area is 166 Å². The van der Waals surface area contributed by atoms with E-state index < -0.39 is 5.91 Å². The Bertz CT molecular complexity index is 981. The number of thioether (sulfide) groups is 1. The van der Waals surface area contributed by atoms with Gasteiger partial charge in [-0.05, 0) is 37.1 Å². The van der Waals surface area contributed by atoms with Crippen molar-refractivity contribution in [2.45, 2.75) is 18.7 Å². The highest BCUT2D eigenvalue weighted by molar-refractivity contribution is 8.00. The molecule has 2 amide bonds. The van der Waals surface area contributed by atoms with E-state index in [9.17, 15) is 9.59 Å². The molecule has 3 N–H and O–H groups in total. The number of benzene rings is 2. The largest absolute Gasteiger partial charge is 0.365 e. The predicted octanol–water partition coefficient (Wildman–Crippen LogP) is 4.86. The number of thiophene rings is 1. The maximum absolute atomic E-state index is 12.4. The fraction of sp³-hybridized carbons (Fsp3) is 0.143. The molecule has 138 valence electrons. The number of carbonyl (C=O) groups excluding carboxylic acids is 2. The van der Waals surface area contributed by atoms with Crippen LogP contribution in [0.4, 0.5) is 5.00 Å². The number of carbonyl (C=O) groups is 2. The first-order chi connectivity index (χ1) is 13.0. The van der Waals surface area contributed by atoms with Gasteiger partial charge in [0.15, 0.2) is 0 Å². The van der Waals surface area contributed by atoms with E-state index in [0.29, 0.717) is 10.6 Å². The van der Waals surface area contributed by atoms with Crippen LogP contribution in [0.1, 0.15) is 21.5 Å². The topological polar surface area (TPSA) is 72.2 Å². The van der Waals surface area contributed by atoms with E-state index in [2.05, 4.69) is 5.32 Å². The summed E-state index contributed by atoms with van der Waals surface area (Å²) < 4.78 is 0. The van der Waals surface area contributed by atoms with E-state index in [4.69, 9.17) is 5.73 Å². The van der Waals surface area contributed by atoms with Gasteiger partial charge in [-0.15, -0.1) is 23.1 Å². The van der Waals surface area contributed by atoms with Crippen molar-refractivity contribution in [2.24, 2.45) is 5.73 Å². The van der Waals surface area contributed by atoms with Crippen molar-refractivity contribution in [1.29, 1.82) is 0 Å². The fourth-order valence-corrected chi connectivity index (χ4v) is 4.45. The van der Waals surface area contributed by atoms with Crippen molar-refractivity contribution in [1.82, 2.24) is 0 Å². The van der Waals surface area contributed by atoms with Crippen LogP contribution < -0.4 is 11.1 Å². The summed E-state index contributed by atoms with van der Waals surface area (Å²) in [5.74, 6) is -0.447. The molecule has 0 fully saturated rings. The number of hydrogen-bond acceptors (Lipinski definition) is 4. The standard InChI is InChI=1S/C21H20N2O2S2/c1-13-8-9-14(2)16(10-13)17-11-27-21(19(17)20(22)25)23-18(24)12-26-15-6-4-3-5-7-15/h3-11H,12H2,1-2H3,(H2,22,25)(H,23,24). The third-order valence-corrected chi connectivity index (χ3v) is 5.99. The highest BCUT2D eigenvalue weighted by atomic mass is 32.2. The lowest BCUT2D eigenvalue weighted by atomic mass is 9.97. The highest BCUT2D eigenvalue weighted by Gasteiger charge is 2.20. The molecule has 0 radical (unpaired) electrons. The minimum absolute atomic E-state index is 0.166. The average molecular weight is 397 g/mol. The maximum Gasteiger partial charge on any atom is 0.252 e. The van der Waals surface area contributed by atoms with Crippen LogP contribution >= 0.6 is 23.1 Å². The van der Waals surface area contributed by atoms with E-state index in [1.165, 1.54) is 23.1 Å². The van der Waals surface area contributed by atoms with Gasteiger partial charge in [0, 0.05) is 15.8 Å². The van der Waals surface area contributed by atoms with Gasteiger partial charge in [-0.25, -0.2) is 0 Å². The number of rotatable bonds is 6. The van der Waals surface area contributed by atoms with Gasteiger partial charge in [0.05, 0.1) is 11.3 Å². The molecule has 0 atom stereocenters. The van der Waals surface area contributed by atoms with Crippen LogP contribution in [0, 0.1) is 13.8 Å². The Kier molecular flexibility index (Phi) is 5.98. The van der Waals surface area contributed by atoms with Crippen molar-refractivity contribution in [2.75, 3.05) is 11.1 Å². The number of primary amides is 1. The smallest absolute Gasteiger partial charge is 0.252 e. The first kappa shape index (κ1) is 19.2. The number of anilines is 1. The average Bonchev–Trinajstić information content (AvgIpc) is 3.06. The van der Waals surface area contributed by atoms with Crippen LogP contribution in [0.5, 0.6) is 0 Å². The van der Waals surface area contributed by atoms with Gasteiger partial charge in [-0.1, -0.05) is 42.0 Å². The molecule has 0 saturated carbocycles. The molecule has 0 unspecified atom stereocenters. The van der Waals surface area contributed by atoms with Crippen molar-refractivity contribution in [3.8, 4) is 11.1 Å². The van der Waals surface area contributed by atoms with Gasteiger partial charge in [-0.3, -0.25) is 9.59 Å². The molecule has 3 aromatic rings. The van der Waals surface area contributed by atoms with E-state index >= 15 is 0 Å². The second-order valence-corrected chi connectivity index (χ2v) is 8.11. The minimum Gasteiger partial charge on any atom is -0.365 e. The van der Waals surface area contributed by atoms with Crippen LogP contribution in [0.3, 0.4) is 0 Å². The fourth-order valence-electron chi connectivity index (χ4n) is 2.75. The molecule has 0 bridgehead atoms. The zero-order valence-corrected chi connectivity index (χ0v) is 16.7. The molecule has 27 heavy (non-hydrogen) atoms. The molecule has 6 heteroatoms. The first-order valence-electron chi connectivity index (χ1n) is 8.42. The van der Waals surface area contributed by atoms with E-state index in [1.807, 2.05) is 67.8 Å². The van der Waals surface area contributed by atoms with E-state index in [1.54, 1.807) is 0 Å². The first-order valence-corrected chi connectivity index (χ1v) is 10.3. The molecule has 1 aromatic heterocycles. The van der Waals surface area contributed by atoms with Gasteiger partial charge in [-0.2, -0.15) is 0 Å². The molecule has 4 nitrogen and oxygen atoms in total. The van der Waals surface area contributed by atoms with Gasteiger partial charge in [0.25, 0.3) is 5.91 Å². The van der Waals surface area contributed by atoms with E-state index in [0.717, 1.165) is 27.1 Å². The molecule has 1 heterocycles. The number of nitrogens with two attached hydrogens (primary N) is 1. The lowest BCUT2D eigenvalue weighted by Gasteiger charge is -2.09. The zero-order chi connectivity index (χ0) is 19.4. The monoisotopic (exact) mass is 396 g/mol. The lowest BCUT2D eigenvalue weighted by Crippen LogP contribution is -2.18. The van der Waals surface area contributed by atoms with Crippen molar-refractivity contribution in [3.05, 3.63) is 70.6 Å². The summed E-state index contributed by atoms with van der Waals surface area (Å²) >= 11 is 2.77. The van der Waals surface area contributed by atoms with Crippen LogP contribution in [0.15, 0.2) is 58.8 Å². The van der Waals surface area contributed by atoms with Crippen molar-refractivity contribution in [3.63, 3.8) is 0 Å². The van der Waals surface area contributed by atoms with Crippen molar-refractivity contribution < 1.29 is 9.59 Å². The normalized spacial score (nSPS) is 10.6. The summed E-state index contributed by atoms with van der Waals surface area (Å²) in [4.78, 5) is 25.5. The van der Waals surface area contributed by atoms with Gasteiger partial charge in [0.1, 0.15) is 5.00 Å². The summed E-state index contributed by atoms with van der Waals surface area (Å²) in [6, 6.07) is 15.8. The Hall–Kier alpha value is -2.57. The van der Waals surface area contributed by atoms with Gasteiger partial charge >= 0.3 is 0 Å². The maximum atomic E-state index is 12.4. The predicted molar refractivity (Wildman–Crippen MR) is 114 cm³/mol. The summed E-state index contributed by atoms with van der Waals surface area (Å²) in [6.07, 6.45) is 0. The second kappa shape index (κ2) is 8.41. The number of aryl methyl sites for hydroxylation is 2. The Morgan fingerprint density at radius 1 is 1.07 bits per heavy atom. The molecule has 0 aliphatic rings. The van der Waals surface area contributed by atoms with Crippen molar-refractivity contribution >= 4 is 39.9 Å². The highest BCUT2D eigenvalue weighted by Crippen LogP contribution is 2.37. The zero-order valence-electron chi connectivity index (χ0n) is 15.1. The van der Waals surface area contributed by atoms with Crippen LogP contribution in [-0.4, -0.2) is 17.6 Å². The summed E-state index contributed by atoms with van der Waals surface area (Å²) in [7, 11) is 0.